The van der Waals surface area contributed by atoms with E-state index in [1.165, 1.54) is 0 Å². The van der Waals surface area contributed by atoms with Gasteiger partial charge in [-0.1, -0.05) is 28.1 Å². The second-order valence-corrected chi connectivity index (χ2v) is 6.22. The van der Waals surface area contributed by atoms with Crippen molar-refractivity contribution < 1.29 is 19.4 Å². The third-order valence-corrected chi connectivity index (χ3v) is 4.30. The molecule has 0 heterocycles. The molecule has 25 heavy (non-hydrogen) atoms. The number of aromatic carboxylic acids is 1. The van der Waals surface area contributed by atoms with E-state index in [4.69, 9.17) is 14.6 Å². The second-order valence-electron chi connectivity index (χ2n) is 5.36. The van der Waals surface area contributed by atoms with E-state index in [9.17, 15) is 4.79 Å². The number of carbonyl (C=O) groups is 1. The first kappa shape index (κ1) is 19.3. The summed E-state index contributed by atoms with van der Waals surface area (Å²) in [5.41, 5.74) is 2.38. The third-order valence-electron chi connectivity index (χ3n) is 3.56. The number of hydrogen-bond acceptors (Lipinski definition) is 4. The number of hydrogen-bond donors (Lipinski definition) is 2. The molecule has 2 N–H and O–H groups in total. The van der Waals surface area contributed by atoms with Crippen LogP contribution in [0.5, 0.6) is 11.5 Å². The third kappa shape index (κ3) is 5.47. The maximum Gasteiger partial charge on any atom is 0.335 e. The van der Waals surface area contributed by atoms with Crippen LogP contribution in [-0.2, 0) is 13.1 Å². The van der Waals surface area contributed by atoms with Crippen molar-refractivity contribution in [3.63, 3.8) is 0 Å². The van der Waals surface area contributed by atoms with Gasteiger partial charge in [-0.2, -0.15) is 0 Å². The van der Waals surface area contributed by atoms with Crippen LogP contribution in [0.15, 0.2) is 40.9 Å². The van der Waals surface area contributed by atoms with Crippen LogP contribution in [0.3, 0.4) is 0 Å². The van der Waals surface area contributed by atoms with E-state index in [1.54, 1.807) is 12.1 Å². The average Bonchev–Trinajstić information content (AvgIpc) is 2.59. The highest BCUT2D eigenvalue weighted by Crippen LogP contribution is 2.33. The van der Waals surface area contributed by atoms with Crippen molar-refractivity contribution in [1.29, 1.82) is 0 Å². The Morgan fingerprint density at radius 3 is 2.20 bits per heavy atom. The summed E-state index contributed by atoms with van der Waals surface area (Å²) in [6, 6.07) is 10.7. The van der Waals surface area contributed by atoms with Gasteiger partial charge in [0, 0.05) is 17.6 Å². The maximum absolute atomic E-state index is 10.9. The number of halogens is 1. The van der Waals surface area contributed by atoms with Gasteiger partial charge in [-0.15, -0.1) is 0 Å². The predicted molar refractivity (Wildman–Crippen MR) is 100 cm³/mol. The van der Waals surface area contributed by atoms with Crippen LogP contribution in [0.25, 0.3) is 0 Å². The van der Waals surface area contributed by atoms with Crippen molar-refractivity contribution in [2.75, 3.05) is 13.2 Å². The number of rotatable bonds is 9. The summed E-state index contributed by atoms with van der Waals surface area (Å²) in [7, 11) is 0. The van der Waals surface area contributed by atoms with Gasteiger partial charge in [0.1, 0.15) is 0 Å². The molecular weight excluding hydrogens is 386 g/mol. The smallest absolute Gasteiger partial charge is 0.335 e. The molecule has 2 rings (SSSR count). The molecule has 0 saturated carbocycles. The van der Waals surface area contributed by atoms with Crippen molar-refractivity contribution in [3.8, 4) is 11.5 Å². The van der Waals surface area contributed by atoms with E-state index in [-0.39, 0.29) is 0 Å². The Morgan fingerprint density at radius 1 is 1.04 bits per heavy atom. The summed E-state index contributed by atoms with van der Waals surface area (Å²) in [6.45, 7) is 6.32. The summed E-state index contributed by atoms with van der Waals surface area (Å²) in [6.07, 6.45) is 0. The molecule has 0 unspecified atom stereocenters. The van der Waals surface area contributed by atoms with Crippen LogP contribution in [-0.4, -0.2) is 24.3 Å². The van der Waals surface area contributed by atoms with Gasteiger partial charge in [-0.25, -0.2) is 4.79 Å². The zero-order chi connectivity index (χ0) is 18.2. The van der Waals surface area contributed by atoms with E-state index >= 15 is 0 Å². The van der Waals surface area contributed by atoms with Crippen LogP contribution in [0.4, 0.5) is 0 Å². The fourth-order valence-electron chi connectivity index (χ4n) is 2.36. The first-order valence-electron chi connectivity index (χ1n) is 8.16. The lowest BCUT2D eigenvalue weighted by Gasteiger charge is -2.14. The fraction of sp³-hybridized carbons (Fsp3) is 0.316. The minimum Gasteiger partial charge on any atom is -0.490 e. The Kier molecular flexibility index (Phi) is 7.28. The SMILES string of the molecule is CCOc1cc(Br)c(CNCc2ccc(C(=O)O)cc2)cc1OCC. The van der Waals surface area contributed by atoms with Gasteiger partial charge in [-0.3, -0.25) is 0 Å². The molecule has 0 aliphatic rings. The first-order chi connectivity index (χ1) is 12.0. The minimum absolute atomic E-state index is 0.291. The number of ether oxygens (including phenoxy) is 2. The van der Waals surface area contributed by atoms with E-state index < -0.39 is 5.97 Å². The fourth-order valence-corrected chi connectivity index (χ4v) is 2.82. The number of nitrogens with one attached hydrogen (secondary N) is 1. The molecule has 0 aliphatic heterocycles. The van der Waals surface area contributed by atoms with Gasteiger partial charge in [0.2, 0.25) is 0 Å². The maximum atomic E-state index is 10.9. The molecule has 0 atom stereocenters. The van der Waals surface area contributed by atoms with Gasteiger partial charge < -0.3 is 19.9 Å². The van der Waals surface area contributed by atoms with Crippen molar-refractivity contribution >= 4 is 21.9 Å². The van der Waals surface area contributed by atoms with Crippen molar-refractivity contribution in [1.82, 2.24) is 5.32 Å². The van der Waals surface area contributed by atoms with Gasteiger partial charge in [0.05, 0.1) is 18.8 Å². The number of carboxylic acids is 1. The highest BCUT2D eigenvalue weighted by molar-refractivity contribution is 9.10. The summed E-state index contributed by atoms with van der Waals surface area (Å²) < 4.78 is 12.2. The molecule has 0 bridgehead atoms. The Balaban J connectivity index is 2.02. The second kappa shape index (κ2) is 9.44. The highest BCUT2D eigenvalue weighted by atomic mass is 79.9. The average molecular weight is 408 g/mol. The zero-order valence-electron chi connectivity index (χ0n) is 14.3. The van der Waals surface area contributed by atoms with Gasteiger partial charge in [0.25, 0.3) is 0 Å². The zero-order valence-corrected chi connectivity index (χ0v) is 15.9. The van der Waals surface area contributed by atoms with Crippen LogP contribution >= 0.6 is 15.9 Å². The van der Waals surface area contributed by atoms with Crippen LogP contribution in [0, 0.1) is 0 Å². The molecule has 2 aromatic rings. The highest BCUT2D eigenvalue weighted by Gasteiger charge is 2.10. The number of carboxylic acid groups (broad SMARTS) is 1. The lowest BCUT2D eigenvalue weighted by atomic mass is 10.1. The number of benzene rings is 2. The Bertz CT molecular complexity index is 716. The van der Waals surface area contributed by atoms with Gasteiger partial charge >= 0.3 is 5.97 Å². The molecule has 0 aliphatic carbocycles. The van der Waals surface area contributed by atoms with Crippen LogP contribution < -0.4 is 14.8 Å². The summed E-state index contributed by atoms with van der Waals surface area (Å²) in [5.74, 6) is 0.542. The largest absolute Gasteiger partial charge is 0.490 e. The molecule has 0 fully saturated rings. The molecule has 2 aromatic carbocycles. The van der Waals surface area contributed by atoms with Gasteiger partial charge in [-0.05, 0) is 49.2 Å². The predicted octanol–water partition coefficient (Wildman–Crippen LogP) is 4.23. The molecule has 6 heteroatoms. The molecule has 134 valence electrons. The topological polar surface area (TPSA) is 67.8 Å². The molecule has 0 aromatic heterocycles. The Labute approximate surface area is 156 Å². The van der Waals surface area contributed by atoms with Crippen molar-refractivity contribution in [2.24, 2.45) is 0 Å². The van der Waals surface area contributed by atoms with Crippen LogP contribution in [0.2, 0.25) is 0 Å². The summed E-state index contributed by atoms with van der Waals surface area (Å²) in [4.78, 5) is 10.9. The molecule has 0 saturated heterocycles. The molecular formula is C19H22BrNO4. The van der Waals surface area contributed by atoms with Gasteiger partial charge in [0.15, 0.2) is 11.5 Å². The minimum atomic E-state index is -0.915. The van der Waals surface area contributed by atoms with E-state index in [0.717, 1.165) is 27.1 Å². The monoisotopic (exact) mass is 407 g/mol. The lowest BCUT2D eigenvalue weighted by Crippen LogP contribution is -2.13. The molecule has 5 nitrogen and oxygen atoms in total. The van der Waals surface area contributed by atoms with E-state index in [1.807, 2.05) is 38.1 Å². The molecule has 0 radical (unpaired) electrons. The quantitative estimate of drug-likeness (QED) is 0.650. The van der Waals surface area contributed by atoms with Crippen molar-refractivity contribution in [2.45, 2.75) is 26.9 Å². The normalized spacial score (nSPS) is 10.5. The lowest BCUT2D eigenvalue weighted by molar-refractivity contribution is 0.0697. The Morgan fingerprint density at radius 2 is 1.64 bits per heavy atom. The van der Waals surface area contributed by atoms with E-state index in [0.29, 0.717) is 31.9 Å². The molecule has 0 amide bonds. The van der Waals surface area contributed by atoms with Crippen LogP contribution in [0.1, 0.15) is 35.3 Å². The standard InChI is InChI=1S/C19H22BrNO4/c1-3-24-17-9-15(16(20)10-18(17)25-4-2)12-21-11-13-5-7-14(8-6-13)19(22)23/h5-10,21H,3-4,11-12H2,1-2H3,(H,22,23). The van der Waals surface area contributed by atoms with Crippen molar-refractivity contribution in [3.05, 3.63) is 57.6 Å². The summed E-state index contributed by atoms with van der Waals surface area (Å²) in [5, 5.41) is 12.3. The Hall–Kier alpha value is -2.05. The van der Waals surface area contributed by atoms with E-state index in [2.05, 4.69) is 21.2 Å². The first-order valence-corrected chi connectivity index (χ1v) is 8.95. The molecule has 0 spiro atoms. The summed E-state index contributed by atoms with van der Waals surface area (Å²) >= 11 is 3.57.